The first-order valence-corrected chi connectivity index (χ1v) is 11.9. The van der Waals surface area contributed by atoms with E-state index in [1.165, 1.54) is 12.1 Å². The second-order valence-electron chi connectivity index (χ2n) is 10.7. The maximum absolute atomic E-state index is 13.6. The number of carboxylic acid groups (broad SMARTS) is 1. The van der Waals surface area contributed by atoms with E-state index in [9.17, 15) is 14.7 Å². The van der Waals surface area contributed by atoms with Gasteiger partial charge in [0.05, 0.1) is 39.7 Å². The lowest BCUT2D eigenvalue weighted by Crippen LogP contribution is -2.24. The zero-order valence-electron chi connectivity index (χ0n) is 21.4. The summed E-state index contributed by atoms with van der Waals surface area (Å²) in [6.07, 6.45) is 0.887. The van der Waals surface area contributed by atoms with Crippen LogP contribution in [0.2, 0.25) is 0 Å². The molecule has 2 unspecified atom stereocenters. The highest BCUT2D eigenvalue weighted by Crippen LogP contribution is 2.37. The first-order valence-electron chi connectivity index (χ1n) is 11.9. The van der Waals surface area contributed by atoms with E-state index in [-0.39, 0.29) is 34.2 Å². The molecular weight excluding hydrogens is 432 g/mol. The molecule has 0 fully saturated rings. The first-order chi connectivity index (χ1) is 15.7. The van der Waals surface area contributed by atoms with E-state index in [4.69, 9.17) is 13.9 Å². The molecule has 0 aliphatic carbocycles. The van der Waals surface area contributed by atoms with Crippen molar-refractivity contribution in [2.45, 2.75) is 91.6 Å². The van der Waals surface area contributed by atoms with Gasteiger partial charge in [-0.25, -0.2) is 4.79 Å². The van der Waals surface area contributed by atoms with Crippen LogP contribution in [0.15, 0.2) is 39.5 Å². The summed E-state index contributed by atoms with van der Waals surface area (Å²) in [5, 5.41) is 10.0. The topological polar surface area (TPSA) is 86.0 Å². The lowest BCUT2D eigenvalue weighted by molar-refractivity contribution is -0.0656. The molecule has 0 amide bonds. The predicted octanol–water partition coefficient (Wildman–Crippen LogP) is 7.18. The number of carboxylic acids is 1. The third-order valence-electron chi connectivity index (χ3n) is 5.52. The van der Waals surface area contributed by atoms with Gasteiger partial charge in [-0.15, -0.1) is 0 Å². The maximum atomic E-state index is 13.6. The standard InChI is InChI=1S/C28H36O6/c1-9-21(33-27(3,4)5)17-14-19(22(10-2)34-28(6,7)8)25-20(15-17)24(29)18-13-16(26(30)31)11-12-23(18)32-25/h11-15,21-22H,9-10H2,1-8H3,(H,30,31). The largest absolute Gasteiger partial charge is 0.478 e. The number of hydrogen-bond donors (Lipinski definition) is 1. The lowest BCUT2D eigenvalue weighted by Gasteiger charge is -2.30. The van der Waals surface area contributed by atoms with E-state index in [2.05, 4.69) is 0 Å². The van der Waals surface area contributed by atoms with Crippen molar-refractivity contribution in [1.82, 2.24) is 0 Å². The average molecular weight is 469 g/mol. The maximum Gasteiger partial charge on any atom is 0.335 e. The molecule has 1 heterocycles. The van der Waals surface area contributed by atoms with Gasteiger partial charge in [-0.3, -0.25) is 4.79 Å². The molecule has 0 aliphatic rings. The van der Waals surface area contributed by atoms with Crippen LogP contribution in [-0.4, -0.2) is 22.3 Å². The molecule has 2 aromatic carbocycles. The van der Waals surface area contributed by atoms with Gasteiger partial charge in [0.25, 0.3) is 0 Å². The summed E-state index contributed by atoms with van der Waals surface area (Å²) in [5.41, 5.74) is 1.49. The number of aromatic carboxylic acids is 1. The van der Waals surface area contributed by atoms with E-state index < -0.39 is 11.6 Å². The van der Waals surface area contributed by atoms with Crippen molar-refractivity contribution in [3.8, 4) is 0 Å². The summed E-state index contributed by atoms with van der Waals surface area (Å²) in [7, 11) is 0. The van der Waals surface area contributed by atoms with Crippen LogP contribution in [0, 0.1) is 0 Å². The summed E-state index contributed by atoms with van der Waals surface area (Å²) in [6.45, 7) is 16.1. The molecule has 6 heteroatoms. The summed E-state index contributed by atoms with van der Waals surface area (Å²) >= 11 is 0. The van der Waals surface area contributed by atoms with Crippen LogP contribution in [0.3, 0.4) is 0 Å². The number of fused-ring (bicyclic) bond motifs is 2. The number of ether oxygens (including phenoxy) is 2. The highest BCUT2D eigenvalue weighted by atomic mass is 16.5. The summed E-state index contributed by atoms with van der Waals surface area (Å²) in [6, 6.07) is 8.21. The Morgan fingerprint density at radius 1 is 0.912 bits per heavy atom. The normalized spacial score (nSPS) is 14.5. The Morgan fingerprint density at radius 3 is 2.03 bits per heavy atom. The minimum absolute atomic E-state index is 0.0422. The zero-order valence-corrected chi connectivity index (χ0v) is 21.4. The van der Waals surface area contributed by atoms with Crippen molar-refractivity contribution in [3.63, 3.8) is 0 Å². The fourth-order valence-corrected chi connectivity index (χ4v) is 4.17. The van der Waals surface area contributed by atoms with Crippen molar-refractivity contribution < 1.29 is 23.8 Å². The molecule has 0 saturated carbocycles. The minimum Gasteiger partial charge on any atom is -0.478 e. The van der Waals surface area contributed by atoms with Gasteiger partial charge in [0.1, 0.15) is 11.2 Å². The second-order valence-corrected chi connectivity index (χ2v) is 10.7. The molecule has 0 aliphatic heterocycles. The molecular formula is C28H36O6. The molecule has 0 spiro atoms. The van der Waals surface area contributed by atoms with Gasteiger partial charge in [-0.2, -0.15) is 0 Å². The summed E-state index contributed by atoms with van der Waals surface area (Å²) in [5.74, 6) is -1.09. The Labute approximate surface area is 200 Å². The van der Waals surface area contributed by atoms with Crippen LogP contribution in [-0.2, 0) is 9.47 Å². The Bertz CT molecular complexity index is 1260. The molecule has 2 atom stereocenters. The van der Waals surface area contributed by atoms with Gasteiger partial charge in [0, 0.05) is 5.56 Å². The number of carbonyl (C=O) groups is 1. The molecule has 1 aromatic heterocycles. The smallest absolute Gasteiger partial charge is 0.335 e. The minimum atomic E-state index is -1.09. The van der Waals surface area contributed by atoms with Crippen molar-refractivity contribution >= 4 is 27.9 Å². The molecule has 1 N–H and O–H groups in total. The fourth-order valence-electron chi connectivity index (χ4n) is 4.17. The second kappa shape index (κ2) is 9.51. The highest BCUT2D eigenvalue weighted by Gasteiger charge is 2.27. The quantitative estimate of drug-likeness (QED) is 0.370. The van der Waals surface area contributed by atoms with E-state index in [1.807, 2.05) is 67.5 Å². The van der Waals surface area contributed by atoms with E-state index in [0.29, 0.717) is 23.0 Å². The third kappa shape index (κ3) is 5.68. The lowest BCUT2D eigenvalue weighted by atomic mass is 9.95. The van der Waals surface area contributed by atoms with Crippen LogP contribution >= 0.6 is 0 Å². The monoisotopic (exact) mass is 468 g/mol. The summed E-state index contributed by atoms with van der Waals surface area (Å²) < 4.78 is 18.9. The Balaban J connectivity index is 2.38. The average Bonchev–Trinajstić information content (AvgIpc) is 2.74. The van der Waals surface area contributed by atoms with Crippen LogP contribution in [0.1, 0.15) is 102 Å². The zero-order chi connectivity index (χ0) is 25.4. The van der Waals surface area contributed by atoms with Crippen molar-refractivity contribution in [1.29, 1.82) is 0 Å². The first kappa shape index (κ1) is 25.9. The predicted molar refractivity (Wildman–Crippen MR) is 135 cm³/mol. The molecule has 184 valence electrons. The van der Waals surface area contributed by atoms with Crippen LogP contribution in [0.5, 0.6) is 0 Å². The van der Waals surface area contributed by atoms with E-state index >= 15 is 0 Å². The highest BCUT2D eigenvalue weighted by molar-refractivity contribution is 5.96. The molecule has 0 saturated heterocycles. The van der Waals surface area contributed by atoms with Gasteiger partial charge >= 0.3 is 5.97 Å². The van der Waals surface area contributed by atoms with E-state index in [0.717, 1.165) is 17.5 Å². The molecule has 3 rings (SSSR count). The molecule has 3 aromatic rings. The van der Waals surface area contributed by atoms with Crippen molar-refractivity contribution in [3.05, 3.63) is 57.2 Å². The van der Waals surface area contributed by atoms with Crippen LogP contribution in [0.4, 0.5) is 0 Å². The number of hydrogen-bond acceptors (Lipinski definition) is 5. The number of rotatable bonds is 7. The fraction of sp³-hybridized carbons (Fsp3) is 0.500. The number of benzene rings is 2. The van der Waals surface area contributed by atoms with Crippen LogP contribution < -0.4 is 5.43 Å². The summed E-state index contributed by atoms with van der Waals surface area (Å²) in [4.78, 5) is 25.1. The van der Waals surface area contributed by atoms with Gasteiger partial charge < -0.3 is 19.0 Å². The molecule has 34 heavy (non-hydrogen) atoms. The van der Waals surface area contributed by atoms with E-state index in [1.54, 1.807) is 6.07 Å². The Morgan fingerprint density at radius 2 is 1.50 bits per heavy atom. The van der Waals surface area contributed by atoms with Crippen molar-refractivity contribution in [2.24, 2.45) is 0 Å². The van der Waals surface area contributed by atoms with Gasteiger partial charge in [-0.1, -0.05) is 13.8 Å². The van der Waals surface area contributed by atoms with Crippen LogP contribution in [0.25, 0.3) is 21.9 Å². The van der Waals surface area contributed by atoms with Gasteiger partial charge in [-0.05, 0) is 90.3 Å². The van der Waals surface area contributed by atoms with Gasteiger partial charge in [0.2, 0.25) is 5.43 Å². The molecule has 6 nitrogen and oxygen atoms in total. The third-order valence-corrected chi connectivity index (χ3v) is 5.52. The molecule has 0 radical (unpaired) electrons. The van der Waals surface area contributed by atoms with Crippen molar-refractivity contribution in [2.75, 3.05) is 0 Å². The Kier molecular flexibility index (Phi) is 7.25. The Hall–Kier alpha value is -2.70. The van der Waals surface area contributed by atoms with Gasteiger partial charge in [0.15, 0.2) is 0 Å². The SMILES string of the molecule is CCC(OC(C)(C)C)c1cc(C(CC)OC(C)(C)C)c2oc3ccc(C(=O)O)cc3c(=O)c2c1. The molecule has 0 bridgehead atoms.